The summed E-state index contributed by atoms with van der Waals surface area (Å²) >= 11 is 5.89. The molecule has 0 radical (unpaired) electrons. The smallest absolute Gasteiger partial charge is 0.229 e. The Labute approximate surface area is 146 Å². The molecule has 3 rings (SSSR count). The summed E-state index contributed by atoms with van der Waals surface area (Å²) in [6.45, 7) is 2.73. The summed E-state index contributed by atoms with van der Waals surface area (Å²) in [5, 5.41) is 0.660. The van der Waals surface area contributed by atoms with Crippen LogP contribution in [0.25, 0.3) is 11.5 Å². The predicted molar refractivity (Wildman–Crippen MR) is 93.7 cm³/mol. The molecule has 2 heterocycles. The van der Waals surface area contributed by atoms with Gasteiger partial charge in [-0.15, -0.1) is 0 Å². The number of nitrogens with two attached hydrogens (primary N) is 1. The van der Waals surface area contributed by atoms with Crippen LogP contribution in [0.5, 0.6) is 0 Å². The third-order valence-electron chi connectivity index (χ3n) is 4.45. The molecule has 2 N–H and O–H groups in total. The maximum atomic E-state index is 12.6. The third-order valence-corrected chi connectivity index (χ3v) is 4.70. The first kappa shape index (κ1) is 17.0. The molecule has 0 aliphatic carbocycles. The van der Waals surface area contributed by atoms with Gasteiger partial charge in [-0.3, -0.25) is 4.79 Å². The van der Waals surface area contributed by atoms with Crippen molar-refractivity contribution in [3.8, 4) is 11.5 Å². The molecule has 5 nitrogen and oxygen atoms in total. The van der Waals surface area contributed by atoms with Crippen LogP contribution in [0.1, 0.15) is 31.9 Å². The lowest BCUT2D eigenvalue weighted by molar-refractivity contribution is -0.134. The van der Waals surface area contributed by atoms with E-state index < -0.39 is 0 Å². The van der Waals surface area contributed by atoms with Gasteiger partial charge in [0.1, 0.15) is 6.26 Å². The van der Waals surface area contributed by atoms with Gasteiger partial charge in [0.15, 0.2) is 0 Å². The minimum atomic E-state index is -0.0174. The summed E-state index contributed by atoms with van der Waals surface area (Å²) in [7, 11) is 0. The molecule has 1 amide bonds. The molecule has 128 valence electrons. The van der Waals surface area contributed by atoms with Crippen LogP contribution in [-0.4, -0.2) is 34.4 Å². The maximum Gasteiger partial charge on any atom is 0.229 e. The molecule has 6 heteroatoms. The summed E-state index contributed by atoms with van der Waals surface area (Å²) in [6.07, 6.45) is 4.91. The third kappa shape index (κ3) is 3.79. The molecule has 1 saturated heterocycles. The zero-order valence-electron chi connectivity index (χ0n) is 13.7. The normalized spacial score (nSPS) is 19.3. The van der Waals surface area contributed by atoms with E-state index in [2.05, 4.69) is 4.98 Å². The first-order valence-electron chi connectivity index (χ1n) is 8.30. The average molecular weight is 348 g/mol. The van der Waals surface area contributed by atoms with Gasteiger partial charge in [0.05, 0.1) is 12.1 Å². The summed E-state index contributed by atoms with van der Waals surface area (Å²) in [6, 6.07) is 7.36. The number of halogens is 1. The molecule has 0 spiro atoms. The van der Waals surface area contributed by atoms with Crippen molar-refractivity contribution in [2.45, 2.75) is 44.7 Å². The highest BCUT2D eigenvalue weighted by molar-refractivity contribution is 6.30. The van der Waals surface area contributed by atoms with Gasteiger partial charge >= 0.3 is 0 Å². The Morgan fingerprint density at radius 2 is 2.17 bits per heavy atom. The molecule has 1 fully saturated rings. The van der Waals surface area contributed by atoms with Crippen molar-refractivity contribution in [1.29, 1.82) is 0 Å². The standard InChI is InChI=1S/C18H22ClN3O2/c1-12(20)16-4-2-3-9-22(16)17(23)10-15-11-24-18(21-15)13-5-7-14(19)8-6-13/h5-8,11-12,16H,2-4,9-10,20H2,1H3. The first-order chi connectivity index (χ1) is 11.5. The number of amides is 1. The van der Waals surface area contributed by atoms with Crippen molar-refractivity contribution in [1.82, 2.24) is 9.88 Å². The molecule has 24 heavy (non-hydrogen) atoms. The Morgan fingerprint density at radius 1 is 1.42 bits per heavy atom. The van der Waals surface area contributed by atoms with E-state index in [0.29, 0.717) is 16.6 Å². The zero-order chi connectivity index (χ0) is 17.1. The number of carbonyl (C=O) groups excluding carboxylic acids is 1. The number of oxazole rings is 1. The molecule has 2 aromatic rings. The Balaban J connectivity index is 1.69. The van der Waals surface area contributed by atoms with Gasteiger partial charge in [0.2, 0.25) is 11.8 Å². The van der Waals surface area contributed by atoms with Crippen molar-refractivity contribution >= 4 is 17.5 Å². The van der Waals surface area contributed by atoms with Gasteiger partial charge < -0.3 is 15.1 Å². The number of benzene rings is 1. The number of likely N-dealkylation sites (tertiary alicyclic amines) is 1. The molecule has 2 atom stereocenters. The van der Waals surface area contributed by atoms with E-state index in [-0.39, 0.29) is 24.4 Å². The number of hydrogen-bond acceptors (Lipinski definition) is 4. The molecule has 1 aliphatic heterocycles. The molecule has 2 unspecified atom stereocenters. The molecule has 0 bridgehead atoms. The quantitative estimate of drug-likeness (QED) is 0.921. The van der Waals surface area contributed by atoms with Crippen LogP contribution in [0.2, 0.25) is 5.02 Å². The molecule has 1 aliphatic rings. The Kier molecular flexibility index (Phi) is 5.21. The van der Waals surface area contributed by atoms with Gasteiger partial charge in [-0.2, -0.15) is 0 Å². The van der Waals surface area contributed by atoms with Crippen LogP contribution < -0.4 is 5.73 Å². The van der Waals surface area contributed by atoms with Crippen LogP contribution in [0.15, 0.2) is 34.9 Å². The Hall–Kier alpha value is -1.85. The summed E-state index contributed by atoms with van der Waals surface area (Å²) in [4.78, 5) is 19.0. The largest absolute Gasteiger partial charge is 0.444 e. The van der Waals surface area contributed by atoms with E-state index >= 15 is 0 Å². The van der Waals surface area contributed by atoms with Gasteiger partial charge in [-0.25, -0.2) is 4.98 Å². The van der Waals surface area contributed by atoms with Crippen molar-refractivity contribution in [3.63, 3.8) is 0 Å². The van der Waals surface area contributed by atoms with Gasteiger partial charge in [-0.1, -0.05) is 11.6 Å². The van der Waals surface area contributed by atoms with E-state index in [0.717, 1.165) is 31.4 Å². The highest BCUT2D eigenvalue weighted by Gasteiger charge is 2.29. The molecular formula is C18H22ClN3O2. The van der Waals surface area contributed by atoms with Crippen molar-refractivity contribution < 1.29 is 9.21 Å². The fourth-order valence-corrected chi connectivity index (χ4v) is 3.31. The van der Waals surface area contributed by atoms with Gasteiger partial charge in [0.25, 0.3) is 0 Å². The number of piperidine rings is 1. The molecule has 0 saturated carbocycles. The fraction of sp³-hybridized carbons (Fsp3) is 0.444. The number of hydrogen-bond donors (Lipinski definition) is 1. The summed E-state index contributed by atoms with van der Waals surface area (Å²) < 4.78 is 5.50. The van der Waals surface area contributed by atoms with E-state index in [1.807, 2.05) is 24.0 Å². The fourth-order valence-electron chi connectivity index (χ4n) is 3.18. The molecule has 1 aromatic heterocycles. The number of rotatable bonds is 4. The minimum Gasteiger partial charge on any atom is -0.444 e. The van der Waals surface area contributed by atoms with Crippen LogP contribution >= 0.6 is 11.6 Å². The predicted octanol–water partition coefficient (Wildman–Crippen LogP) is 3.27. The van der Waals surface area contributed by atoms with E-state index in [1.165, 1.54) is 0 Å². The highest BCUT2D eigenvalue weighted by atomic mass is 35.5. The van der Waals surface area contributed by atoms with Gasteiger partial charge in [0, 0.05) is 29.2 Å². The van der Waals surface area contributed by atoms with Crippen molar-refractivity contribution in [2.75, 3.05) is 6.54 Å². The van der Waals surface area contributed by atoms with Crippen LogP contribution in [0.3, 0.4) is 0 Å². The SMILES string of the molecule is CC(N)C1CCCCN1C(=O)Cc1coc(-c2ccc(Cl)cc2)n1. The van der Waals surface area contributed by atoms with Gasteiger partial charge in [-0.05, 0) is 50.5 Å². The second kappa shape index (κ2) is 7.36. The Bertz CT molecular complexity index is 697. The highest BCUT2D eigenvalue weighted by Crippen LogP contribution is 2.23. The Morgan fingerprint density at radius 3 is 2.88 bits per heavy atom. The van der Waals surface area contributed by atoms with E-state index in [1.54, 1.807) is 18.4 Å². The summed E-state index contributed by atoms with van der Waals surface area (Å²) in [5.74, 6) is 0.560. The molecule has 1 aromatic carbocycles. The van der Waals surface area contributed by atoms with Crippen molar-refractivity contribution in [2.24, 2.45) is 5.73 Å². The number of aromatic nitrogens is 1. The lowest BCUT2D eigenvalue weighted by Crippen LogP contribution is -2.52. The van der Waals surface area contributed by atoms with Crippen molar-refractivity contribution in [3.05, 3.63) is 41.2 Å². The monoisotopic (exact) mass is 347 g/mol. The van der Waals surface area contributed by atoms with Crippen LogP contribution in [0.4, 0.5) is 0 Å². The lowest BCUT2D eigenvalue weighted by Gasteiger charge is -2.38. The van der Waals surface area contributed by atoms with Crippen LogP contribution in [0, 0.1) is 0 Å². The summed E-state index contributed by atoms with van der Waals surface area (Å²) in [5.41, 5.74) is 7.52. The number of carbonyl (C=O) groups is 1. The maximum absolute atomic E-state index is 12.6. The van der Waals surface area contributed by atoms with Crippen LogP contribution in [-0.2, 0) is 11.2 Å². The average Bonchev–Trinajstić information content (AvgIpc) is 3.04. The first-order valence-corrected chi connectivity index (χ1v) is 8.68. The van der Waals surface area contributed by atoms with E-state index in [4.69, 9.17) is 21.8 Å². The topological polar surface area (TPSA) is 72.4 Å². The lowest BCUT2D eigenvalue weighted by atomic mass is 9.96. The number of nitrogens with zero attached hydrogens (tertiary/aromatic N) is 2. The molecular weight excluding hydrogens is 326 g/mol. The minimum absolute atomic E-state index is 0.0174. The zero-order valence-corrected chi connectivity index (χ0v) is 14.5. The second-order valence-electron chi connectivity index (χ2n) is 6.34. The second-order valence-corrected chi connectivity index (χ2v) is 6.77. The van der Waals surface area contributed by atoms with E-state index in [9.17, 15) is 4.79 Å².